The molecule has 2 aromatic rings. The van der Waals surface area contributed by atoms with Crippen molar-refractivity contribution in [1.29, 1.82) is 0 Å². The summed E-state index contributed by atoms with van der Waals surface area (Å²) in [7, 11) is 0. The van der Waals surface area contributed by atoms with Crippen LogP contribution in [-0.2, 0) is 6.42 Å². The minimum absolute atomic E-state index is 0.210. The Morgan fingerprint density at radius 3 is 2.84 bits per heavy atom. The molecule has 5 nitrogen and oxygen atoms in total. The standard InChI is InChI=1S/C12H14Cl2N4O/c1-7-8(6-16-18-7)3-2-4-15-12(19)10-5-9(13)11(14)17-10/h5-6,17H,2-4H2,1H3,(H,15,19)(H,16,18). The molecular formula is C12H14Cl2N4O. The summed E-state index contributed by atoms with van der Waals surface area (Å²) in [4.78, 5) is 14.5. The maximum Gasteiger partial charge on any atom is 0.267 e. The number of nitrogens with zero attached hydrogens (tertiary/aromatic N) is 1. The zero-order chi connectivity index (χ0) is 13.8. The van der Waals surface area contributed by atoms with Crippen LogP contribution in [0.5, 0.6) is 0 Å². The van der Waals surface area contributed by atoms with Crippen molar-refractivity contribution in [1.82, 2.24) is 20.5 Å². The fraction of sp³-hybridized carbons (Fsp3) is 0.333. The van der Waals surface area contributed by atoms with E-state index >= 15 is 0 Å². The molecule has 0 aliphatic carbocycles. The van der Waals surface area contributed by atoms with E-state index in [0.29, 0.717) is 17.3 Å². The van der Waals surface area contributed by atoms with Crippen molar-refractivity contribution in [2.75, 3.05) is 6.54 Å². The highest BCUT2D eigenvalue weighted by Crippen LogP contribution is 2.21. The Balaban J connectivity index is 1.77. The summed E-state index contributed by atoms with van der Waals surface area (Å²) in [6.07, 6.45) is 3.52. The first-order valence-corrected chi connectivity index (χ1v) is 6.64. The average Bonchev–Trinajstić information content (AvgIpc) is 2.92. The van der Waals surface area contributed by atoms with Crippen molar-refractivity contribution in [2.24, 2.45) is 0 Å². The van der Waals surface area contributed by atoms with E-state index < -0.39 is 0 Å². The first kappa shape index (κ1) is 14.0. The van der Waals surface area contributed by atoms with E-state index in [-0.39, 0.29) is 11.1 Å². The fourth-order valence-electron chi connectivity index (χ4n) is 1.73. The molecule has 19 heavy (non-hydrogen) atoms. The molecule has 0 spiro atoms. The molecule has 0 saturated heterocycles. The van der Waals surface area contributed by atoms with Crippen LogP contribution in [0, 0.1) is 6.92 Å². The van der Waals surface area contributed by atoms with Crippen LogP contribution in [0.2, 0.25) is 10.2 Å². The molecule has 0 bridgehead atoms. The summed E-state index contributed by atoms with van der Waals surface area (Å²) in [5.74, 6) is -0.210. The van der Waals surface area contributed by atoms with Crippen LogP contribution in [0.25, 0.3) is 0 Å². The maximum absolute atomic E-state index is 11.8. The SMILES string of the molecule is Cc1[nH]ncc1CCCNC(=O)c1cc(Cl)c(Cl)[nH]1. The summed E-state index contributed by atoms with van der Waals surface area (Å²) in [5, 5.41) is 10.3. The second-order valence-corrected chi connectivity index (χ2v) is 5.01. The Morgan fingerprint density at radius 1 is 1.47 bits per heavy atom. The van der Waals surface area contributed by atoms with Gasteiger partial charge in [-0.05, 0) is 31.4 Å². The van der Waals surface area contributed by atoms with E-state index in [4.69, 9.17) is 23.2 Å². The van der Waals surface area contributed by atoms with E-state index in [2.05, 4.69) is 20.5 Å². The highest BCUT2D eigenvalue weighted by Gasteiger charge is 2.10. The van der Waals surface area contributed by atoms with Gasteiger partial charge in [-0.2, -0.15) is 5.10 Å². The lowest BCUT2D eigenvalue weighted by Gasteiger charge is -2.03. The van der Waals surface area contributed by atoms with Crippen molar-refractivity contribution < 1.29 is 4.79 Å². The molecule has 0 atom stereocenters. The van der Waals surface area contributed by atoms with E-state index in [1.807, 2.05) is 13.1 Å². The number of halogens is 2. The molecule has 0 aromatic carbocycles. The van der Waals surface area contributed by atoms with Crippen molar-refractivity contribution in [3.05, 3.63) is 39.4 Å². The zero-order valence-corrected chi connectivity index (χ0v) is 11.9. The highest BCUT2D eigenvalue weighted by molar-refractivity contribution is 6.41. The quantitative estimate of drug-likeness (QED) is 0.743. The summed E-state index contributed by atoms with van der Waals surface area (Å²) < 4.78 is 0. The van der Waals surface area contributed by atoms with Crippen LogP contribution in [0.4, 0.5) is 0 Å². The number of hydrogen-bond donors (Lipinski definition) is 3. The summed E-state index contributed by atoms with van der Waals surface area (Å²) in [6.45, 7) is 2.56. The molecular weight excluding hydrogens is 287 g/mol. The van der Waals surface area contributed by atoms with Crippen LogP contribution in [0.1, 0.15) is 28.2 Å². The van der Waals surface area contributed by atoms with Gasteiger partial charge in [0.15, 0.2) is 0 Å². The third-order valence-electron chi connectivity index (χ3n) is 2.81. The molecule has 102 valence electrons. The van der Waals surface area contributed by atoms with E-state index in [0.717, 1.165) is 18.5 Å². The number of amides is 1. The molecule has 0 fully saturated rings. The second kappa shape index (κ2) is 6.12. The molecule has 0 saturated carbocycles. The van der Waals surface area contributed by atoms with Gasteiger partial charge >= 0.3 is 0 Å². The number of hydrogen-bond acceptors (Lipinski definition) is 2. The Morgan fingerprint density at radius 2 is 2.26 bits per heavy atom. The van der Waals surface area contributed by atoms with Crippen LogP contribution in [-0.4, -0.2) is 27.6 Å². The van der Waals surface area contributed by atoms with Crippen molar-refractivity contribution in [3.8, 4) is 0 Å². The van der Waals surface area contributed by atoms with Crippen LogP contribution in [0.15, 0.2) is 12.3 Å². The molecule has 0 aliphatic heterocycles. The molecule has 2 rings (SSSR count). The van der Waals surface area contributed by atoms with E-state index in [1.165, 1.54) is 11.6 Å². The average molecular weight is 301 g/mol. The number of H-pyrrole nitrogens is 2. The van der Waals surface area contributed by atoms with Crippen molar-refractivity contribution in [2.45, 2.75) is 19.8 Å². The zero-order valence-electron chi connectivity index (χ0n) is 10.4. The van der Waals surface area contributed by atoms with Gasteiger partial charge in [-0.3, -0.25) is 9.89 Å². The smallest absolute Gasteiger partial charge is 0.267 e. The van der Waals surface area contributed by atoms with Crippen molar-refractivity contribution >= 4 is 29.1 Å². The number of nitrogens with one attached hydrogen (secondary N) is 3. The van der Waals surface area contributed by atoms with Gasteiger partial charge in [0.2, 0.25) is 0 Å². The van der Waals surface area contributed by atoms with Crippen LogP contribution in [0.3, 0.4) is 0 Å². The lowest BCUT2D eigenvalue weighted by atomic mass is 10.1. The lowest BCUT2D eigenvalue weighted by Crippen LogP contribution is -2.25. The first-order valence-electron chi connectivity index (χ1n) is 5.89. The molecule has 2 heterocycles. The molecule has 7 heteroatoms. The molecule has 3 N–H and O–H groups in total. The fourth-order valence-corrected chi connectivity index (χ4v) is 2.04. The topological polar surface area (TPSA) is 73.6 Å². The number of aromatic amines is 2. The number of aromatic nitrogens is 3. The van der Waals surface area contributed by atoms with Gasteiger partial charge in [-0.15, -0.1) is 0 Å². The summed E-state index contributed by atoms with van der Waals surface area (Å²) in [5.41, 5.74) is 2.60. The largest absolute Gasteiger partial charge is 0.351 e. The molecule has 0 unspecified atom stereocenters. The van der Waals surface area contributed by atoms with Crippen LogP contribution >= 0.6 is 23.2 Å². The predicted molar refractivity (Wildman–Crippen MR) is 74.8 cm³/mol. The summed E-state index contributed by atoms with van der Waals surface area (Å²) >= 11 is 11.5. The van der Waals surface area contributed by atoms with Crippen LogP contribution < -0.4 is 5.32 Å². The van der Waals surface area contributed by atoms with Gasteiger partial charge < -0.3 is 10.3 Å². The van der Waals surface area contributed by atoms with Gasteiger partial charge in [-0.1, -0.05) is 23.2 Å². The first-order chi connectivity index (χ1) is 9.08. The monoisotopic (exact) mass is 300 g/mol. The van der Waals surface area contributed by atoms with Gasteiger partial charge in [0, 0.05) is 12.2 Å². The van der Waals surface area contributed by atoms with Gasteiger partial charge in [0.1, 0.15) is 10.8 Å². The highest BCUT2D eigenvalue weighted by atomic mass is 35.5. The van der Waals surface area contributed by atoms with Gasteiger partial charge in [0.05, 0.1) is 11.2 Å². The Kier molecular flexibility index (Phi) is 4.50. The Hall–Kier alpha value is -1.46. The molecule has 0 radical (unpaired) electrons. The predicted octanol–water partition coefficient (Wildman–Crippen LogP) is 2.72. The Labute approximate surface area is 120 Å². The number of aryl methyl sites for hydroxylation is 2. The third-order valence-corrected chi connectivity index (χ3v) is 3.51. The number of rotatable bonds is 5. The minimum Gasteiger partial charge on any atom is -0.351 e. The van der Waals surface area contributed by atoms with Crippen molar-refractivity contribution in [3.63, 3.8) is 0 Å². The molecule has 2 aromatic heterocycles. The number of carbonyl (C=O) groups is 1. The third kappa shape index (κ3) is 3.52. The Bertz CT molecular complexity index is 557. The lowest BCUT2D eigenvalue weighted by molar-refractivity contribution is 0.0949. The maximum atomic E-state index is 11.8. The van der Waals surface area contributed by atoms with Gasteiger partial charge in [-0.25, -0.2) is 0 Å². The van der Waals surface area contributed by atoms with E-state index in [9.17, 15) is 4.79 Å². The summed E-state index contributed by atoms with van der Waals surface area (Å²) in [6, 6.07) is 1.51. The normalized spacial score (nSPS) is 10.7. The van der Waals surface area contributed by atoms with Gasteiger partial charge in [0.25, 0.3) is 5.91 Å². The number of carbonyl (C=O) groups excluding carboxylic acids is 1. The molecule has 1 amide bonds. The minimum atomic E-state index is -0.210. The van der Waals surface area contributed by atoms with E-state index in [1.54, 1.807) is 0 Å². The molecule has 0 aliphatic rings. The second-order valence-electron chi connectivity index (χ2n) is 4.22.